The van der Waals surface area contributed by atoms with E-state index in [1.54, 1.807) is 0 Å². The standard InChI is InChI=1S/C17H27N3O/c1-3-20(13-8-15-4-9-18-10-5-15)17(21)14-16-6-11-19(2)12-7-16/h4-5,9-10,16H,3,6-8,11-14H2,1-2H3. The van der Waals surface area contributed by atoms with Gasteiger partial charge in [-0.15, -0.1) is 0 Å². The maximum absolute atomic E-state index is 12.4. The molecule has 1 fully saturated rings. The van der Waals surface area contributed by atoms with E-state index in [-0.39, 0.29) is 0 Å². The van der Waals surface area contributed by atoms with E-state index >= 15 is 0 Å². The summed E-state index contributed by atoms with van der Waals surface area (Å²) in [5.74, 6) is 0.893. The molecule has 21 heavy (non-hydrogen) atoms. The second-order valence-electron chi connectivity index (χ2n) is 6.03. The molecule has 0 spiro atoms. The first-order valence-electron chi connectivity index (χ1n) is 8.04. The second-order valence-corrected chi connectivity index (χ2v) is 6.03. The van der Waals surface area contributed by atoms with Crippen LogP contribution >= 0.6 is 0 Å². The molecule has 0 atom stereocenters. The number of carbonyl (C=O) groups is 1. The van der Waals surface area contributed by atoms with Crippen molar-refractivity contribution < 1.29 is 4.79 Å². The van der Waals surface area contributed by atoms with Crippen LogP contribution in [0.4, 0.5) is 0 Å². The largest absolute Gasteiger partial charge is 0.343 e. The Morgan fingerprint density at radius 1 is 1.33 bits per heavy atom. The molecule has 1 saturated heterocycles. The topological polar surface area (TPSA) is 36.4 Å². The highest BCUT2D eigenvalue weighted by Gasteiger charge is 2.21. The number of nitrogens with zero attached hydrogens (tertiary/aromatic N) is 3. The number of aromatic nitrogens is 1. The molecule has 4 nitrogen and oxygen atoms in total. The van der Waals surface area contributed by atoms with Gasteiger partial charge >= 0.3 is 0 Å². The Morgan fingerprint density at radius 2 is 2.00 bits per heavy atom. The Morgan fingerprint density at radius 3 is 2.62 bits per heavy atom. The minimum Gasteiger partial charge on any atom is -0.343 e. The van der Waals surface area contributed by atoms with Crippen LogP contribution in [-0.4, -0.2) is 53.9 Å². The molecular formula is C17H27N3O. The highest BCUT2D eigenvalue weighted by atomic mass is 16.2. The van der Waals surface area contributed by atoms with E-state index in [0.29, 0.717) is 11.8 Å². The third-order valence-electron chi connectivity index (χ3n) is 4.46. The number of hydrogen-bond donors (Lipinski definition) is 0. The molecule has 0 N–H and O–H groups in total. The zero-order valence-electron chi connectivity index (χ0n) is 13.3. The summed E-state index contributed by atoms with van der Waals surface area (Å²) >= 11 is 0. The minimum atomic E-state index is 0.320. The van der Waals surface area contributed by atoms with E-state index in [2.05, 4.69) is 23.9 Å². The van der Waals surface area contributed by atoms with E-state index in [0.717, 1.165) is 51.9 Å². The fourth-order valence-electron chi connectivity index (χ4n) is 2.91. The molecule has 0 unspecified atom stereocenters. The number of amides is 1. The predicted octanol–water partition coefficient (Wildman–Crippen LogP) is 2.20. The molecule has 2 rings (SSSR count). The fourth-order valence-corrected chi connectivity index (χ4v) is 2.91. The Bertz CT molecular complexity index is 427. The fraction of sp³-hybridized carbons (Fsp3) is 0.647. The highest BCUT2D eigenvalue weighted by Crippen LogP contribution is 2.20. The minimum absolute atomic E-state index is 0.320. The molecule has 1 aromatic heterocycles. The van der Waals surface area contributed by atoms with Crippen molar-refractivity contribution >= 4 is 5.91 Å². The molecule has 4 heteroatoms. The van der Waals surface area contributed by atoms with Crippen molar-refractivity contribution in [1.82, 2.24) is 14.8 Å². The lowest BCUT2D eigenvalue weighted by Gasteiger charge is -2.30. The quantitative estimate of drug-likeness (QED) is 0.805. The van der Waals surface area contributed by atoms with Crippen LogP contribution in [0.25, 0.3) is 0 Å². The van der Waals surface area contributed by atoms with Crippen LogP contribution < -0.4 is 0 Å². The lowest BCUT2D eigenvalue weighted by molar-refractivity contribution is -0.132. The average Bonchev–Trinajstić information content (AvgIpc) is 2.51. The number of rotatable bonds is 6. The Balaban J connectivity index is 1.78. The SMILES string of the molecule is CCN(CCc1ccncc1)C(=O)CC1CCN(C)CC1. The molecule has 1 amide bonds. The molecule has 0 aliphatic carbocycles. The van der Waals surface area contributed by atoms with Gasteiger partial charge in [-0.25, -0.2) is 0 Å². The van der Waals surface area contributed by atoms with Crippen molar-refractivity contribution in [3.63, 3.8) is 0 Å². The zero-order chi connectivity index (χ0) is 15.1. The van der Waals surface area contributed by atoms with Crippen LogP contribution in [0.3, 0.4) is 0 Å². The normalized spacial score (nSPS) is 16.9. The van der Waals surface area contributed by atoms with Crippen LogP contribution in [0.5, 0.6) is 0 Å². The third-order valence-corrected chi connectivity index (χ3v) is 4.46. The van der Waals surface area contributed by atoms with Crippen molar-refractivity contribution in [2.24, 2.45) is 5.92 Å². The first-order chi connectivity index (χ1) is 10.2. The number of likely N-dealkylation sites (N-methyl/N-ethyl adjacent to an activating group) is 1. The van der Waals surface area contributed by atoms with Crippen molar-refractivity contribution in [3.05, 3.63) is 30.1 Å². The summed E-state index contributed by atoms with van der Waals surface area (Å²) in [5, 5.41) is 0. The van der Waals surface area contributed by atoms with E-state index in [4.69, 9.17) is 0 Å². The van der Waals surface area contributed by atoms with Gasteiger partial charge in [-0.2, -0.15) is 0 Å². The van der Waals surface area contributed by atoms with Crippen molar-refractivity contribution in [2.75, 3.05) is 33.2 Å². The van der Waals surface area contributed by atoms with Gasteiger partial charge in [0.15, 0.2) is 0 Å². The van der Waals surface area contributed by atoms with Gasteiger partial charge in [-0.1, -0.05) is 0 Å². The smallest absolute Gasteiger partial charge is 0.222 e. The van der Waals surface area contributed by atoms with E-state index in [9.17, 15) is 4.79 Å². The molecule has 1 aromatic rings. The molecule has 0 aromatic carbocycles. The van der Waals surface area contributed by atoms with Gasteiger partial charge in [0.25, 0.3) is 0 Å². The van der Waals surface area contributed by atoms with Crippen molar-refractivity contribution in [2.45, 2.75) is 32.6 Å². The van der Waals surface area contributed by atoms with E-state index < -0.39 is 0 Å². The zero-order valence-corrected chi connectivity index (χ0v) is 13.3. The van der Waals surface area contributed by atoms with Crippen LogP contribution in [0.2, 0.25) is 0 Å². The molecule has 0 saturated carbocycles. The summed E-state index contributed by atoms with van der Waals surface area (Å²) in [7, 11) is 2.16. The lowest BCUT2D eigenvalue weighted by Crippen LogP contribution is -2.36. The Hall–Kier alpha value is -1.42. The molecule has 0 radical (unpaired) electrons. The first kappa shape index (κ1) is 16.0. The van der Waals surface area contributed by atoms with Gasteiger partial charge < -0.3 is 9.80 Å². The summed E-state index contributed by atoms with van der Waals surface area (Å²) in [5.41, 5.74) is 1.25. The van der Waals surface area contributed by atoms with Crippen LogP contribution in [0.15, 0.2) is 24.5 Å². The monoisotopic (exact) mass is 289 g/mol. The average molecular weight is 289 g/mol. The molecule has 116 valence electrons. The van der Waals surface area contributed by atoms with Gasteiger partial charge in [0.1, 0.15) is 0 Å². The van der Waals surface area contributed by atoms with E-state index in [1.807, 2.05) is 29.4 Å². The van der Waals surface area contributed by atoms with Crippen molar-refractivity contribution in [3.8, 4) is 0 Å². The summed E-state index contributed by atoms with van der Waals surface area (Å²) < 4.78 is 0. The molecule has 1 aliphatic heterocycles. The third kappa shape index (κ3) is 5.12. The maximum Gasteiger partial charge on any atom is 0.222 e. The first-order valence-corrected chi connectivity index (χ1v) is 8.04. The number of carbonyl (C=O) groups excluding carboxylic acids is 1. The summed E-state index contributed by atoms with van der Waals surface area (Å²) in [6.07, 6.45) is 7.57. The Labute approximate surface area is 128 Å². The molecule has 1 aliphatic rings. The molecule has 2 heterocycles. The molecule has 0 bridgehead atoms. The van der Waals surface area contributed by atoms with Crippen molar-refractivity contribution in [1.29, 1.82) is 0 Å². The van der Waals surface area contributed by atoms with Gasteiger partial charge in [0.2, 0.25) is 5.91 Å². The number of hydrogen-bond acceptors (Lipinski definition) is 3. The van der Waals surface area contributed by atoms with Gasteiger partial charge in [0, 0.05) is 31.9 Å². The molecular weight excluding hydrogens is 262 g/mol. The summed E-state index contributed by atoms with van der Waals surface area (Å²) in [4.78, 5) is 20.8. The predicted molar refractivity (Wildman–Crippen MR) is 85.0 cm³/mol. The van der Waals surface area contributed by atoms with Gasteiger partial charge in [-0.3, -0.25) is 9.78 Å². The lowest BCUT2D eigenvalue weighted by atomic mass is 9.93. The number of piperidine rings is 1. The Kier molecular flexibility index (Phi) is 6.18. The van der Waals surface area contributed by atoms with Gasteiger partial charge in [0.05, 0.1) is 0 Å². The summed E-state index contributed by atoms with van der Waals surface area (Å²) in [6.45, 7) is 5.93. The van der Waals surface area contributed by atoms with Crippen LogP contribution in [-0.2, 0) is 11.2 Å². The maximum atomic E-state index is 12.4. The second kappa shape index (κ2) is 8.13. The number of likely N-dealkylation sites (tertiary alicyclic amines) is 1. The van der Waals surface area contributed by atoms with Crippen LogP contribution in [0, 0.1) is 5.92 Å². The van der Waals surface area contributed by atoms with E-state index in [1.165, 1.54) is 5.56 Å². The summed E-state index contributed by atoms with van der Waals surface area (Å²) in [6, 6.07) is 4.05. The highest BCUT2D eigenvalue weighted by molar-refractivity contribution is 5.76. The van der Waals surface area contributed by atoms with Crippen LogP contribution in [0.1, 0.15) is 31.7 Å². The van der Waals surface area contributed by atoms with Gasteiger partial charge in [-0.05, 0) is 69.9 Å². The number of pyridine rings is 1.